The molecule has 4 heterocycles. The molecule has 0 spiro atoms. The summed E-state index contributed by atoms with van der Waals surface area (Å²) in [4.78, 5) is 28.8. The highest BCUT2D eigenvalue weighted by Gasteiger charge is 2.24. The van der Waals surface area contributed by atoms with Crippen LogP contribution in [0.3, 0.4) is 0 Å². The second-order valence-electron chi connectivity index (χ2n) is 8.07. The fourth-order valence-electron chi connectivity index (χ4n) is 4.56. The number of fused-ring (bicyclic) bond motifs is 2. The molecule has 1 unspecified atom stereocenters. The van der Waals surface area contributed by atoms with E-state index in [1.165, 1.54) is 21.7 Å². The highest BCUT2D eigenvalue weighted by Crippen LogP contribution is 2.26. The first-order valence-electron chi connectivity index (χ1n) is 10.4. The third-order valence-corrected chi connectivity index (χ3v) is 6.12. The molecule has 0 bridgehead atoms. The molecule has 0 saturated heterocycles. The van der Waals surface area contributed by atoms with Crippen LogP contribution in [0.25, 0.3) is 10.9 Å². The smallest absolute Gasteiger partial charge is 0.260 e. The summed E-state index contributed by atoms with van der Waals surface area (Å²) in [5, 5.41) is 0.616. The Morgan fingerprint density at radius 2 is 2.23 bits per heavy atom. The zero-order valence-corrected chi connectivity index (χ0v) is 17.4. The van der Waals surface area contributed by atoms with E-state index in [4.69, 9.17) is 9.72 Å². The Balaban J connectivity index is 1.47. The van der Waals surface area contributed by atoms with E-state index in [2.05, 4.69) is 33.2 Å². The minimum Gasteiger partial charge on any atom is -0.497 e. The van der Waals surface area contributed by atoms with Crippen LogP contribution in [0.4, 0.5) is 5.95 Å². The van der Waals surface area contributed by atoms with Crippen molar-refractivity contribution in [2.45, 2.75) is 32.9 Å². The van der Waals surface area contributed by atoms with Gasteiger partial charge >= 0.3 is 0 Å². The predicted octanol–water partition coefficient (Wildman–Crippen LogP) is 1.50. The number of pyridine rings is 1. The topological polar surface area (TPSA) is 75.6 Å². The summed E-state index contributed by atoms with van der Waals surface area (Å²) in [5.74, 6) is 1.32. The molecule has 0 saturated carbocycles. The maximum absolute atomic E-state index is 12.8. The van der Waals surface area contributed by atoms with Crippen molar-refractivity contribution in [3.8, 4) is 5.75 Å². The number of benzene rings is 1. The van der Waals surface area contributed by atoms with Crippen molar-refractivity contribution in [3.05, 3.63) is 69.4 Å². The lowest BCUT2D eigenvalue weighted by Gasteiger charge is -2.30. The Hall–Kier alpha value is -3.19. The summed E-state index contributed by atoms with van der Waals surface area (Å²) in [5.41, 5.74) is 5.22. The predicted molar refractivity (Wildman–Crippen MR) is 116 cm³/mol. The van der Waals surface area contributed by atoms with Crippen molar-refractivity contribution in [2.75, 3.05) is 25.1 Å². The van der Waals surface area contributed by atoms with Crippen LogP contribution in [0.15, 0.2) is 41.5 Å². The van der Waals surface area contributed by atoms with E-state index < -0.39 is 0 Å². The maximum atomic E-state index is 12.8. The Morgan fingerprint density at radius 3 is 3.03 bits per heavy atom. The number of hydrogen-bond acceptors (Lipinski definition) is 5. The molecule has 154 valence electrons. The Morgan fingerprint density at radius 1 is 1.33 bits per heavy atom. The average Bonchev–Trinajstić information content (AvgIpc) is 3.26. The van der Waals surface area contributed by atoms with Gasteiger partial charge in [0, 0.05) is 31.8 Å². The van der Waals surface area contributed by atoms with Crippen LogP contribution in [0.2, 0.25) is 0 Å². The van der Waals surface area contributed by atoms with Crippen molar-refractivity contribution in [2.24, 2.45) is 0 Å². The molecule has 5 rings (SSSR count). The summed E-state index contributed by atoms with van der Waals surface area (Å²) in [6.07, 6.45) is 8.43. The third-order valence-electron chi connectivity index (χ3n) is 6.12. The van der Waals surface area contributed by atoms with Gasteiger partial charge in [0.25, 0.3) is 5.56 Å². The van der Waals surface area contributed by atoms with E-state index in [9.17, 15) is 4.79 Å². The molecule has 2 aromatic heterocycles. The standard InChI is InChI=1S/C23H25N5O2/c1-15-11-17(30-2)12-19-21(15)22(29)26-23(25-19)28-10-6-18-16(13-28)5-7-24-20(18)14-27-8-3-4-9-27/h3,5,7-8,11-12H,4,6,9-10,13-14H2,1-2H3,(H,25,26,29)/p+1. The molecule has 1 atom stereocenters. The number of aromatic amines is 1. The van der Waals surface area contributed by atoms with Crippen molar-refractivity contribution in [1.82, 2.24) is 15.0 Å². The maximum Gasteiger partial charge on any atom is 0.260 e. The van der Waals surface area contributed by atoms with Gasteiger partial charge in [0.15, 0.2) is 0 Å². The molecule has 2 N–H and O–H groups in total. The number of quaternary nitrogens is 1. The van der Waals surface area contributed by atoms with Crippen molar-refractivity contribution < 1.29 is 9.64 Å². The first kappa shape index (κ1) is 18.8. The van der Waals surface area contributed by atoms with Gasteiger partial charge in [-0.15, -0.1) is 0 Å². The Kier molecular flexibility index (Phi) is 4.75. The lowest BCUT2D eigenvalue weighted by molar-refractivity contribution is -0.855. The second-order valence-corrected chi connectivity index (χ2v) is 8.07. The van der Waals surface area contributed by atoms with E-state index in [0.717, 1.165) is 38.0 Å². The first-order valence-corrected chi connectivity index (χ1v) is 10.4. The van der Waals surface area contributed by atoms with Gasteiger partial charge in [0.05, 0.1) is 36.5 Å². The highest BCUT2D eigenvalue weighted by atomic mass is 16.5. The average molecular weight is 404 g/mol. The van der Waals surface area contributed by atoms with Crippen LogP contribution in [-0.4, -0.2) is 35.2 Å². The lowest BCUT2D eigenvalue weighted by Crippen LogP contribution is -3.04. The number of nitrogens with zero attached hydrogens (tertiary/aromatic N) is 3. The Labute approximate surface area is 175 Å². The van der Waals surface area contributed by atoms with Crippen LogP contribution in [0.5, 0.6) is 5.75 Å². The van der Waals surface area contributed by atoms with Gasteiger partial charge in [-0.25, -0.2) is 4.98 Å². The number of anilines is 1. The number of hydrogen-bond donors (Lipinski definition) is 2. The van der Waals surface area contributed by atoms with Crippen molar-refractivity contribution >= 4 is 16.9 Å². The molecule has 3 aromatic rings. The normalized spacial score (nSPS) is 18.1. The van der Waals surface area contributed by atoms with Gasteiger partial charge in [-0.2, -0.15) is 0 Å². The summed E-state index contributed by atoms with van der Waals surface area (Å²) >= 11 is 0. The molecule has 0 radical (unpaired) electrons. The van der Waals surface area contributed by atoms with Crippen LogP contribution in [0.1, 0.15) is 28.8 Å². The fourth-order valence-corrected chi connectivity index (χ4v) is 4.56. The summed E-state index contributed by atoms with van der Waals surface area (Å²) in [7, 11) is 1.63. The lowest BCUT2D eigenvalue weighted by atomic mass is 9.98. The molecule has 30 heavy (non-hydrogen) atoms. The molecule has 0 aliphatic carbocycles. The fraction of sp³-hybridized carbons (Fsp3) is 0.348. The van der Waals surface area contributed by atoms with E-state index in [1.54, 1.807) is 7.11 Å². The third kappa shape index (κ3) is 3.35. The summed E-state index contributed by atoms with van der Waals surface area (Å²) in [6, 6.07) is 5.78. The van der Waals surface area contributed by atoms with Crippen LogP contribution in [-0.2, 0) is 19.5 Å². The van der Waals surface area contributed by atoms with Gasteiger partial charge in [-0.1, -0.05) is 0 Å². The summed E-state index contributed by atoms with van der Waals surface area (Å²) < 4.78 is 5.36. The van der Waals surface area contributed by atoms with E-state index in [1.807, 2.05) is 25.3 Å². The first-order chi connectivity index (χ1) is 14.6. The largest absolute Gasteiger partial charge is 0.497 e. The number of H-pyrrole nitrogens is 1. The molecular formula is C23H26N5O2+. The van der Waals surface area contributed by atoms with Crippen molar-refractivity contribution in [1.29, 1.82) is 0 Å². The van der Waals surface area contributed by atoms with Crippen molar-refractivity contribution in [3.63, 3.8) is 0 Å². The number of ether oxygens (including phenoxy) is 1. The molecule has 2 aliphatic heterocycles. The minimum atomic E-state index is -0.110. The summed E-state index contributed by atoms with van der Waals surface area (Å²) in [6.45, 7) is 5.50. The van der Waals surface area contributed by atoms with Gasteiger partial charge in [-0.3, -0.25) is 14.8 Å². The van der Waals surface area contributed by atoms with Crippen LogP contribution in [0, 0.1) is 6.92 Å². The van der Waals surface area contributed by atoms with Gasteiger partial charge in [-0.05, 0) is 48.2 Å². The van der Waals surface area contributed by atoms with Crippen LogP contribution >= 0.6 is 0 Å². The molecule has 0 amide bonds. The molecule has 1 aromatic carbocycles. The number of aromatic nitrogens is 3. The number of nitrogens with one attached hydrogen (secondary N) is 2. The number of aryl methyl sites for hydroxylation is 1. The highest BCUT2D eigenvalue weighted by molar-refractivity contribution is 5.83. The van der Waals surface area contributed by atoms with Gasteiger partial charge in [0.2, 0.25) is 5.95 Å². The van der Waals surface area contributed by atoms with Crippen LogP contribution < -0.4 is 20.1 Å². The second kappa shape index (κ2) is 7.57. The molecule has 7 nitrogen and oxygen atoms in total. The molecule has 7 heteroatoms. The molecule has 0 fully saturated rings. The monoisotopic (exact) mass is 404 g/mol. The zero-order chi connectivity index (χ0) is 20.7. The van der Waals surface area contributed by atoms with Gasteiger partial charge < -0.3 is 14.5 Å². The molecular weight excluding hydrogens is 378 g/mol. The van der Waals surface area contributed by atoms with E-state index >= 15 is 0 Å². The van der Waals surface area contributed by atoms with E-state index in [0.29, 0.717) is 29.1 Å². The minimum absolute atomic E-state index is 0.110. The number of methoxy groups -OCH3 is 1. The number of rotatable bonds is 4. The Bertz CT molecular complexity index is 1200. The zero-order valence-electron chi connectivity index (χ0n) is 17.4. The molecule has 2 aliphatic rings. The van der Waals surface area contributed by atoms with Gasteiger partial charge in [0.1, 0.15) is 12.3 Å². The quantitative estimate of drug-likeness (QED) is 0.689. The SMILES string of the molecule is COc1cc(C)c2c(=O)[nH]c(N3CCc4c(ccnc4C[NH+]4C=CCC4)C3)nc2c1. The van der Waals surface area contributed by atoms with E-state index in [-0.39, 0.29) is 5.56 Å².